The second-order valence-electron chi connectivity index (χ2n) is 8.21. The number of hydrogen-bond acceptors (Lipinski definition) is 4. The maximum atomic E-state index is 12.2. The lowest BCUT2D eigenvalue weighted by Crippen LogP contribution is -2.13. The predicted octanol–water partition coefficient (Wildman–Crippen LogP) is 5.22. The van der Waals surface area contributed by atoms with E-state index in [0.717, 1.165) is 16.8 Å². The molecule has 0 fully saturated rings. The van der Waals surface area contributed by atoms with Crippen molar-refractivity contribution >= 4 is 11.6 Å². The van der Waals surface area contributed by atoms with Gasteiger partial charge in [-0.15, -0.1) is 0 Å². The molecule has 1 amide bonds. The molecule has 0 atom stereocenters. The Hall–Kier alpha value is -2.95. The van der Waals surface area contributed by atoms with Gasteiger partial charge in [0.15, 0.2) is 0 Å². The Bertz CT molecular complexity index is 966. The van der Waals surface area contributed by atoms with Gasteiger partial charge in [-0.05, 0) is 36.5 Å². The summed E-state index contributed by atoms with van der Waals surface area (Å²) in [6, 6.07) is 14.1. The first-order valence-corrected chi connectivity index (χ1v) is 9.53. The van der Waals surface area contributed by atoms with Gasteiger partial charge >= 0.3 is 0 Å². The number of carbonyl (C=O) groups excluding carboxylic acids is 1. The van der Waals surface area contributed by atoms with E-state index in [-0.39, 0.29) is 17.7 Å². The summed E-state index contributed by atoms with van der Waals surface area (Å²) in [4.78, 5) is 16.7. The standard InChI is InChI=1S/C23H27N3O2/c1-15-6-11-19(16(2)14-15)24-20(27)12-13-21-25-22(26-28-21)17-7-9-18(10-8-17)23(3,4)5/h6-11,14H,12-13H2,1-5H3,(H,24,27). The monoisotopic (exact) mass is 377 g/mol. The molecular weight excluding hydrogens is 350 g/mol. The van der Waals surface area contributed by atoms with E-state index in [0.29, 0.717) is 18.1 Å². The van der Waals surface area contributed by atoms with Crippen LogP contribution in [0, 0.1) is 13.8 Å². The summed E-state index contributed by atoms with van der Waals surface area (Å²) in [6.07, 6.45) is 0.696. The molecule has 0 aliphatic rings. The van der Waals surface area contributed by atoms with Crippen LogP contribution in [0.4, 0.5) is 5.69 Å². The van der Waals surface area contributed by atoms with Crippen LogP contribution in [0.15, 0.2) is 47.0 Å². The number of hydrogen-bond donors (Lipinski definition) is 1. The van der Waals surface area contributed by atoms with E-state index in [1.165, 1.54) is 11.1 Å². The number of anilines is 1. The average molecular weight is 377 g/mol. The van der Waals surface area contributed by atoms with Gasteiger partial charge in [-0.1, -0.05) is 67.9 Å². The Morgan fingerprint density at radius 3 is 2.43 bits per heavy atom. The van der Waals surface area contributed by atoms with Crippen LogP contribution in [0.5, 0.6) is 0 Å². The van der Waals surface area contributed by atoms with Gasteiger partial charge in [0.1, 0.15) is 0 Å². The van der Waals surface area contributed by atoms with E-state index in [2.05, 4.69) is 48.4 Å². The van der Waals surface area contributed by atoms with E-state index in [4.69, 9.17) is 4.52 Å². The predicted molar refractivity (Wildman–Crippen MR) is 111 cm³/mol. The molecule has 0 aliphatic carbocycles. The first-order valence-electron chi connectivity index (χ1n) is 9.53. The number of aryl methyl sites for hydroxylation is 3. The van der Waals surface area contributed by atoms with Crippen molar-refractivity contribution < 1.29 is 9.32 Å². The number of nitrogens with zero attached hydrogens (tertiary/aromatic N) is 2. The third-order valence-electron chi connectivity index (χ3n) is 4.70. The van der Waals surface area contributed by atoms with Crippen molar-refractivity contribution in [2.45, 2.75) is 52.9 Å². The van der Waals surface area contributed by atoms with Crippen LogP contribution in [0.25, 0.3) is 11.4 Å². The zero-order valence-corrected chi connectivity index (χ0v) is 17.2. The lowest BCUT2D eigenvalue weighted by molar-refractivity contribution is -0.116. The van der Waals surface area contributed by atoms with Gasteiger partial charge in [-0.2, -0.15) is 4.98 Å². The molecular formula is C23H27N3O2. The summed E-state index contributed by atoms with van der Waals surface area (Å²) in [6.45, 7) is 10.5. The number of carbonyl (C=O) groups is 1. The quantitative estimate of drug-likeness (QED) is 0.662. The Kier molecular flexibility index (Phi) is 5.63. The SMILES string of the molecule is Cc1ccc(NC(=O)CCc2nc(-c3ccc(C(C)(C)C)cc3)no2)c(C)c1. The summed E-state index contributed by atoms with van der Waals surface area (Å²) < 4.78 is 5.32. The van der Waals surface area contributed by atoms with Crippen LogP contribution in [0.3, 0.4) is 0 Å². The molecule has 5 heteroatoms. The minimum absolute atomic E-state index is 0.0683. The summed E-state index contributed by atoms with van der Waals surface area (Å²) in [5, 5.41) is 6.98. The number of nitrogens with one attached hydrogen (secondary N) is 1. The Morgan fingerprint density at radius 1 is 1.07 bits per heavy atom. The normalized spacial score (nSPS) is 11.5. The van der Waals surface area contributed by atoms with Crippen LogP contribution in [-0.4, -0.2) is 16.0 Å². The average Bonchev–Trinajstić information content (AvgIpc) is 3.11. The molecule has 1 heterocycles. The molecule has 0 saturated carbocycles. The molecule has 146 valence electrons. The first kappa shape index (κ1) is 19.8. The highest BCUT2D eigenvalue weighted by Gasteiger charge is 2.15. The van der Waals surface area contributed by atoms with Gasteiger partial charge < -0.3 is 9.84 Å². The molecule has 0 radical (unpaired) electrons. The molecule has 0 spiro atoms. The molecule has 28 heavy (non-hydrogen) atoms. The van der Waals surface area contributed by atoms with E-state index in [9.17, 15) is 4.79 Å². The van der Waals surface area contributed by atoms with Crippen LogP contribution in [0.2, 0.25) is 0 Å². The van der Waals surface area contributed by atoms with Crippen LogP contribution in [0.1, 0.15) is 49.8 Å². The Morgan fingerprint density at radius 2 is 1.79 bits per heavy atom. The van der Waals surface area contributed by atoms with Crippen molar-refractivity contribution in [1.29, 1.82) is 0 Å². The van der Waals surface area contributed by atoms with E-state index in [1.54, 1.807) is 0 Å². The largest absolute Gasteiger partial charge is 0.339 e. The molecule has 0 unspecified atom stereocenters. The fraction of sp³-hybridized carbons (Fsp3) is 0.348. The summed E-state index contributed by atoms with van der Waals surface area (Å²) in [5.41, 5.74) is 5.31. The van der Waals surface area contributed by atoms with E-state index in [1.807, 2.05) is 44.2 Å². The van der Waals surface area contributed by atoms with Gasteiger partial charge in [0, 0.05) is 24.1 Å². The molecule has 0 bridgehead atoms. The van der Waals surface area contributed by atoms with E-state index >= 15 is 0 Å². The van der Waals surface area contributed by atoms with Crippen LogP contribution >= 0.6 is 0 Å². The fourth-order valence-electron chi connectivity index (χ4n) is 2.98. The third-order valence-corrected chi connectivity index (χ3v) is 4.70. The number of benzene rings is 2. The highest BCUT2D eigenvalue weighted by atomic mass is 16.5. The lowest BCUT2D eigenvalue weighted by atomic mass is 9.87. The highest BCUT2D eigenvalue weighted by Crippen LogP contribution is 2.25. The van der Waals surface area contributed by atoms with Crippen LogP contribution < -0.4 is 5.32 Å². The molecule has 0 aliphatic heterocycles. The number of amides is 1. The zero-order chi connectivity index (χ0) is 20.3. The summed E-state index contributed by atoms with van der Waals surface area (Å²) in [7, 11) is 0. The van der Waals surface area contributed by atoms with Gasteiger partial charge in [-0.25, -0.2) is 0 Å². The zero-order valence-electron chi connectivity index (χ0n) is 17.2. The second-order valence-corrected chi connectivity index (χ2v) is 8.21. The molecule has 1 aromatic heterocycles. The van der Waals surface area contributed by atoms with Gasteiger partial charge in [0.05, 0.1) is 0 Å². The van der Waals surface area contributed by atoms with Crippen molar-refractivity contribution in [3.8, 4) is 11.4 Å². The fourth-order valence-corrected chi connectivity index (χ4v) is 2.98. The Labute approximate surface area is 166 Å². The van der Waals surface area contributed by atoms with Gasteiger partial charge in [0.2, 0.25) is 17.6 Å². The van der Waals surface area contributed by atoms with Crippen molar-refractivity contribution in [3.63, 3.8) is 0 Å². The molecule has 2 aromatic carbocycles. The topological polar surface area (TPSA) is 68.0 Å². The molecule has 5 nitrogen and oxygen atoms in total. The lowest BCUT2D eigenvalue weighted by Gasteiger charge is -2.18. The minimum atomic E-state index is -0.0683. The number of rotatable bonds is 5. The van der Waals surface area contributed by atoms with E-state index < -0.39 is 0 Å². The molecule has 3 rings (SSSR count). The summed E-state index contributed by atoms with van der Waals surface area (Å²) >= 11 is 0. The first-order chi connectivity index (χ1) is 13.2. The van der Waals surface area contributed by atoms with Crippen molar-refractivity contribution in [1.82, 2.24) is 10.1 Å². The van der Waals surface area contributed by atoms with Crippen molar-refractivity contribution in [2.75, 3.05) is 5.32 Å². The second kappa shape index (κ2) is 7.97. The number of aromatic nitrogens is 2. The van der Waals surface area contributed by atoms with Gasteiger partial charge in [0.25, 0.3) is 0 Å². The third kappa shape index (κ3) is 4.85. The molecule has 3 aromatic rings. The Balaban J connectivity index is 1.59. The van der Waals surface area contributed by atoms with Gasteiger partial charge in [-0.3, -0.25) is 4.79 Å². The molecule has 1 N–H and O–H groups in total. The summed E-state index contributed by atoms with van der Waals surface area (Å²) in [5.74, 6) is 0.942. The molecule has 0 saturated heterocycles. The smallest absolute Gasteiger partial charge is 0.227 e. The maximum Gasteiger partial charge on any atom is 0.227 e. The van der Waals surface area contributed by atoms with Crippen molar-refractivity contribution in [2.24, 2.45) is 0 Å². The minimum Gasteiger partial charge on any atom is -0.339 e. The van der Waals surface area contributed by atoms with Crippen LogP contribution in [-0.2, 0) is 16.6 Å². The maximum absolute atomic E-state index is 12.2. The van der Waals surface area contributed by atoms with Crippen molar-refractivity contribution in [3.05, 3.63) is 65.0 Å². The highest BCUT2D eigenvalue weighted by molar-refractivity contribution is 5.91.